The molecule has 0 saturated carbocycles. The average molecular weight is 282 g/mol. The first-order valence-electron chi connectivity index (χ1n) is 4.28. The Kier molecular flexibility index (Phi) is 7.27. The maximum absolute atomic E-state index is 10.3. The molecule has 17 heavy (non-hydrogen) atoms. The van der Waals surface area contributed by atoms with Crippen LogP contribution in [0, 0.1) is 0 Å². The third-order valence-electron chi connectivity index (χ3n) is 2.09. The number of ether oxygens (including phenoxy) is 1. The molecule has 1 fully saturated rings. The Morgan fingerprint density at radius 2 is 1.71 bits per heavy atom. The molecule has 96 valence electrons. The summed E-state index contributed by atoms with van der Waals surface area (Å²) in [6, 6.07) is 0. The molecule has 0 spiro atoms. The fourth-order valence-electron chi connectivity index (χ4n) is 1.24. The second-order valence-corrected chi connectivity index (χ2v) is 4.50. The minimum atomic E-state index is -4.98. The molecule has 0 aromatic carbocycles. The number of hydrogen-bond donors (Lipinski definition) is 5. The molecule has 6 atom stereocenters. The number of phosphoric acid groups is 1. The summed E-state index contributed by atoms with van der Waals surface area (Å²) in [4.78, 5) is 18.5. The molecule has 0 amide bonds. The van der Waals surface area contributed by atoms with Gasteiger partial charge in [0, 0.05) is 0 Å². The van der Waals surface area contributed by atoms with E-state index in [0.717, 1.165) is 0 Å². The Labute approximate surface area is 119 Å². The summed E-state index contributed by atoms with van der Waals surface area (Å²) in [7, 11) is -4.98. The van der Waals surface area contributed by atoms with Crippen LogP contribution in [0.3, 0.4) is 0 Å². The first-order chi connectivity index (χ1) is 7.22. The van der Waals surface area contributed by atoms with E-state index in [4.69, 9.17) is 15.1 Å². The van der Waals surface area contributed by atoms with Gasteiger partial charge in [0.25, 0.3) is 7.82 Å². The van der Waals surface area contributed by atoms with Gasteiger partial charge in [-0.1, -0.05) is 0 Å². The van der Waals surface area contributed by atoms with E-state index in [2.05, 4.69) is 9.26 Å². The van der Waals surface area contributed by atoms with Crippen LogP contribution in [-0.4, -0.2) is 62.6 Å². The van der Waals surface area contributed by atoms with Gasteiger partial charge in [0.15, 0.2) is 6.29 Å². The molecule has 11 heteroatoms. The van der Waals surface area contributed by atoms with E-state index in [1.807, 2.05) is 0 Å². The monoisotopic (exact) mass is 282 g/mol. The van der Waals surface area contributed by atoms with Gasteiger partial charge < -0.3 is 39.5 Å². The van der Waals surface area contributed by atoms with E-state index >= 15 is 0 Å². The van der Waals surface area contributed by atoms with Crippen molar-refractivity contribution < 1.29 is 73.6 Å². The van der Waals surface area contributed by atoms with Gasteiger partial charge in [-0.2, -0.15) is 0 Å². The molecular formula is C6H12NaO9P. The molecule has 0 bridgehead atoms. The fraction of sp³-hybridized carbons (Fsp3) is 1.00. The van der Waals surface area contributed by atoms with Gasteiger partial charge in [-0.05, 0) is 0 Å². The first-order valence-corrected chi connectivity index (χ1v) is 5.78. The number of aliphatic hydroxyl groups is 4. The second kappa shape index (κ2) is 6.90. The molecule has 1 heterocycles. The van der Waals surface area contributed by atoms with Crippen LogP contribution in [0.25, 0.3) is 0 Å². The molecule has 1 aliphatic heterocycles. The molecule has 1 aliphatic rings. The zero-order valence-electron chi connectivity index (χ0n) is 8.91. The van der Waals surface area contributed by atoms with Crippen LogP contribution in [0.15, 0.2) is 0 Å². The normalized spacial score (nSPS) is 41.4. The Balaban J connectivity index is 0.00000256. The van der Waals surface area contributed by atoms with Crippen LogP contribution in [0.1, 0.15) is 0 Å². The maximum atomic E-state index is 10.3. The summed E-state index contributed by atoms with van der Waals surface area (Å²) in [5.74, 6) is 0. The van der Waals surface area contributed by atoms with Crippen molar-refractivity contribution in [3.05, 3.63) is 0 Å². The third-order valence-corrected chi connectivity index (χ3v) is 2.56. The summed E-state index contributed by atoms with van der Waals surface area (Å²) in [6.45, 7) is -0.792. The van der Waals surface area contributed by atoms with Crippen LogP contribution in [0.2, 0.25) is 0 Å². The van der Waals surface area contributed by atoms with Gasteiger partial charge in [-0.25, -0.2) is 0 Å². The van der Waals surface area contributed by atoms with Crippen LogP contribution < -0.4 is 34.5 Å². The summed E-state index contributed by atoms with van der Waals surface area (Å²) in [5, 5.41) is 36.7. The van der Waals surface area contributed by atoms with Gasteiger partial charge in [0.1, 0.15) is 24.4 Å². The third kappa shape index (κ3) is 5.19. The maximum Gasteiger partial charge on any atom is 1.00 e. The predicted octanol–water partition coefficient (Wildman–Crippen LogP) is -6.73. The molecule has 1 saturated heterocycles. The van der Waals surface area contributed by atoms with E-state index in [-0.39, 0.29) is 29.6 Å². The standard InChI is InChI=1S/C6H13O9P.Na/c7-3-2(1-14-16(11,12)13)15-6(10)5(9)4(3)8;/h2-10H,1H2,(H2,11,12,13);/q;+1/p-1/t2-,3-,4+,5-,6?;/m1./s1. The topological polar surface area (TPSA) is 160 Å². The molecule has 9 nitrogen and oxygen atoms in total. The van der Waals surface area contributed by atoms with Crippen molar-refractivity contribution in [3.63, 3.8) is 0 Å². The minimum absolute atomic E-state index is 0. The van der Waals surface area contributed by atoms with Crippen molar-refractivity contribution >= 4 is 7.82 Å². The van der Waals surface area contributed by atoms with E-state index in [0.29, 0.717) is 0 Å². The van der Waals surface area contributed by atoms with E-state index in [1.54, 1.807) is 0 Å². The van der Waals surface area contributed by atoms with Gasteiger partial charge in [0.05, 0.1) is 6.61 Å². The molecule has 5 N–H and O–H groups in total. The predicted molar refractivity (Wildman–Crippen MR) is 44.7 cm³/mol. The zero-order valence-corrected chi connectivity index (χ0v) is 11.8. The van der Waals surface area contributed by atoms with Crippen molar-refractivity contribution in [1.29, 1.82) is 0 Å². The Morgan fingerprint density at radius 3 is 2.18 bits per heavy atom. The number of aliphatic hydroxyl groups excluding tert-OH is 4. The Bertz CT molecular complexity index is 283. The van der Waals surface area contributed by atoms with Gasteiger partial charge in [-0.15, -0.1) is 0 Å². The molecule has 0 radical (unpaired) electrons. The molecule has 2 unspecified atom stereocenters. The number of rotatable bonds is 3. The second-order valence-electron chi connectivity index (χ2n) is 3.30. The fourth-order valence-corrected chi connectivity index (χ4v) is 1.57. The van der Waals surface area contributed by atoms with Crippen molar-refractivity contribution in [1.82, 2.24) is 0 Å². The van der Waals surface area contributed by atoms with Crippen molar-refractivity contribution in [3.8, 4) is 0 Å². The molecule has 1 rings (SSSR count). The van der Waals surface area contributed by atoms with Crippen molar-refractivity contribution in [2.45, 2.75) is 30.7 Å². The van der Waals surface area contributed by atoms with Crippen molar-refractivity contribution in [2.75, 3.05) is 6.61 Å². The molecule has 0 aromatic rings. The summed E-state index contributed by atoms with van der Waals surface area (Å²) < 4.78 is 18.8. The molecule has 0 aliphatic carbocycles. The van der Waals surface area contributed by atoms with Crippen LogP contribution in [0.5, 0.6) is 0 Å². The number of phosphoric ester groups is 1. The van der Waals surface area contributed by atoms with Crippen LogP contribution in [-0.2, 0) is 13.8 Å². The van der Waals surface area contributed by atoms with E-state index < -0.39 is 45.1 Å². The molecule has 0 aromatic heterocycles. The first kappa shape index (κ1) is 17.9. The quantitative estimate of drug-likeness (QED) is 0.250. The van der Waals surface area contributed by atoms with Crippen LogP contribution >= 0.6 is 7.82 Å². The minimum Gasteiger partial charge on any atom is -0.756 e. The Hall–Kier alpha value is 0.910. The average Bonchev–Trinajstić information content (AvgIpc) is 2.17. The van der Waals surface area contributed by atoms with Crippen LogP contribution in [0.4, 0.5) is 0 Å². The molecular weight excluding hydrogens is 270 g/mol. The van der Waals surface area contributed by atoms with Gasteiger partial charge in [-0.3, -0.25) is 4.57 Å². The SMILES string of the molecule is O=P([O-])(O)OC[C@H]1OC(O)[C@H](O)[C@@H](O)[C@@H]1O.[Na+]. The van der Waals surface area contributed by atoms with Crippen molar-refractivity contribution in [2.24, 2.45) is 0 Å². The van der Waals surface area contributed by atoms with E-state index in [9.17, 15) is 19.7 Å². The van der Waals surface area contributed by atoms with Gasteiger partial charge in [0.2, 0.25) is 0 Å². The number of hydrogen-bond acceptors (Lipinski definition) is 8. The summed E-state index contributed by atoms with van der Waals surface area (Å²) >= 11 is 0. The summed E-state index contributed by atoms with van der Waals surface area (Å²) in [5.41, 5.74) is 0. The zero-order chi connectivity index (χ0) is 12.5. The Morgan fingerprint density at radius 1 is 1.18 bits per heavy atom. The smallest absolute Gasteiger partial charge is 0.756 e. The summed E-state index contributed by atoms with van der Waals surface area (Å²) in [6.07, 6.45) is -8.23. The largest absolute Gasteiger partial charge is 1.00 e. The van der Waals surface area contributed by atoms with Gasteiger partial charge >= 0.3 is 29.6 Å². The van der Waals surface area contributed by atoms with E-state index in [1.165, 1.54) is 0 Å².